The fourth-order valence-corrected chi connectivity index (χ4v) is 2.30. The Kier molecular flexibility index (Phi) is 5.07. The third kappa shape index (κ3) is 3.61. The molecule has 2 aromatic carbocycles. The van der Waals surface area contributed by atoms with Gasteiger partial charge in [0.15, 0.2) is 11.5 Å². The molecule has 0 amide bonds. The number of benzene rings is 2. The molecule has 0 fully saturated rings. The summed E-state index contributed by atoms with van der Waals surface area (Å²) in [5.74, 6) is -0.368. The zero-order valence-corrected chi connectivity index (χ0v) is 14.1. The minimum Gasteiger partial charge on any atom is -0.493 e. The van der Waals surface area contributed by atoms with Crippen molar-refractivity contribution >= 4 is 5.97 Å². The van der Waals surface area contributed by atoms with Crippen LogP contribution in [0.15, 0.2) is 54.6 Å². The van der Waals surface area contributed by atoms with Gasteiger partial charge >= 0.3 is 5.97 Å². The molecule has 1 heterocycles. The lowest BCUT2D eigenvalue weighted by Gasteiger charge is -2.09. The first-order valence-corrected chi connectivity index (χ1v) is 7.65. The van der Waals surface area contributed by atoms with Gasteiger partial charge in [-0.2, -0.15) is 0 Å². The highest BCUT2D eigenvalue weighted by atomic mass is 19.1. The molecule has 7 heteroatoms. The van der Waals surface area contributed by atoms with Crippen LogP contribution in [0.3, 0.4) is 0 Å². The van der Waals surface area contributed by atoms with E-state index in [1.165, 1.54) is 24.3 Å². The molecule has 1 aromatic heterocycles. The zero-order valence-electron chi connectivity index (χ0n) is 14.1. The van der Waals surface area contributed by atoms with Crippen molar-refractivity contribution in [3.8, 4) is 28.6 Å². The molecule has 0 bridgehead atoms. The van der Waals surface area contributed by atoms with Crippen LogP contribution in [0.1, 0.15) is 10.4 Å². The van der Waals surface area contributed by atoms with Crippen molar-refractivity contribution in [3.63, 3.8) is 0 Å². The highest BCUT2D eigenvalue weighted by Crippen LogP contribution is 2.31. The summed E-state index contributed by atoms with van der Waals surface area (Å²) in [5, 5.41) is 7.89. The summed E-state index contributed by atoms with van der Waals surface area (Å²) < 4.78 is 29.1. The van der Waals surface area contributed by atoms with Crippen LogP contribution in [0.25, 0.3) is 11.3 Å². The molecule has 0 spiro atoms. The molecule has 0 saturated heterocycles. The molecule has 3 rings (SSSR count). The SMILES string of the molecule is COc1ccc(-c2ccc(OC(=O)c3ccccc3F)nn2)cc1OC. The van der Waals surface area contributed by atoms with E-state index in [1.54, 1.807) is 44.6 Å². The number of aromatic nitrogens is 2. The number of rotatable bonds is 5. The van der Waals surface area contributed by atoms with Crippen LogP contribution in [-0.2, 0) is 0 Å². The lowest BCUT2D eigenvalue weighted by atomic mass is 10.1. The second-order valence-corrected chi connectivity index (χ2v) is 5.20. The van der Waals surface area contributed by atoms with E-state index < -0.39 is 11.8 Å². The van der Waals surface area contributed by atoms with E-state index in [0.717, 1.165) is 5.56 Å². The summed E-state index contributed by atoms with van der Waals surface area (Å²) in [6, 6.07) is 14.0. The van der Waals surface area contributed by atoms with Gasteiger partial charge in [-0.05, 0) is 36.4 Å². The van der Waals surface area contributed by atoms with E-state index in [4.69, 9.17) is 14.2 Å². The molecule has 0 saturated carbocycles. The number of hydrogen-bond donors (Lipinski definition) is 0. The van der Waals surface area contributed by atoms with Gasteiger partial charge in [-0.3, -0.25) is 0 Å². The Morgan fingerprint density at radius 3 is 2.35 bits per heavy atom. The molecular weight excluding hydrogens is 339 g/mol. The summed E-state index contributed by atoms with van der Waals surface area (Å²) in [4.78, 5) is 12.0. The standard InChI is InChI=1S/C19H15FN2O4/c1-24-16-9-7-12(11-17(16)25-2)15-8-10-18(22-21-15)26-19(23)13-5-3-4-6-14(13)20/h3-11H,1-2H3. The minimum atomic E-state index is -0.837. The molecule has 0 radical (unpaired) electrons. The van der Waals surface area contributed by atoms with Crippen molar-refractivity contribution in [2.45, 2.75) is 0 Å². The van der Waals surface area contributed by atoms with Gasteiger partial charge in [-0.25, -0.2) is 9.18 Å². The Bertz CT molecular complexity index is 929. The van der Waals surface area contributed by atoms with Crippen molar-refractivity contribution in [2.75, 3.05) is 14.2 Å². The molecule has 0 unspecified atom stereocenters. The molecule has 132 valence electrons. The Hall–Kier alpha value is -3.48. The number of esters is 1. The second kappa shape index (κ2) is 7.60. The van der Waals surface area contributed by atoms with Gasteiger partial charge in [0, 0.05) is 11.6 Å². The Labute approximate surface area is 149 Å². The van der Waals surface area contributed by atoms with Crippen LogP contribution in [0, 0.1) is 5.82 Å². The van der Waals surface area contributed by atoms with Gasteiger partial charge in [0.05, 0.1) is 25.5 Å². The molecule has 6 nitrogen and oxygen atoms in total. The molecule has 0 aliphatic rings. The first-order valence-electron chi connectivity index (χ1n) is 7.65. The Morgan fingerprint density at radius 2 is 1.69 bits per heavy atom. The molecule has 0 aliphatic carbocycles. The van der Waals surface area contributed by atoms with Gasteiger partial charge < -0.3 is 14.2 Å². The van der Waals surface area contributed by atoms with Crippen LogP contribution in [-0.4, -0.2) is 30.4 Å². The number of ether oxygens (including phenoxy) is 3. The van der Waals surface area contributed by atoms with Crippen molar-refractivity contribution < 1.29 is 23.4 Å². The topological polar surface area (TPSA) is 70.5 Å². The highest BCUT2D eigenvalue weighted by molar-refractivity contribution is 5.91. The molecular formula is C19H15FN2O4. The molecule has 3 aromatic rings. The zero-order chi connectivity index (χ0) is 18.5. The Balaban J connectivity index is 1.79. The van der Waals surface area contributed by atoms with Crippen molar-refractivity contribution in [3.05, 3.63) is 66.0 Å². The second-order valence-electron chi connectivity index (χ2n) is 5.20. The van der Waals surface area contributed by atoms with E-state index in [0.29, 0.717) is 17.2 Å². The highest BCUT2D eigenvalue weighted by Gasteiger charge is 2.14. The van der Waals surface area contributed by atoms with Gasteiger partial charge in [-0.1, -0.05) is 12.1 Å². The molecule has 0 atom stereocenters. The first-order chi connectivity index (χ1) is 12.6. The molecule has 26 heavy (non-hydrogen) atoms. The number of methoxy groups -OCH3 is 2. The molecule has 0 N–H and O–H groups in total. The van der Waals surface area contributed by atoms with Gasteiger partial charge in [0.25, 0.3) is 0 Å². The fraction of sp³-hybridized carbons (Fsp3) is 0.105. The van der Waals surface area contributed by atoms with E-state index in [1.807, 2.05) is 0 Å². The summed E-state index contributed by atoms with van der Waals surface area (Å²) >= 11 is 0. The lowest BCUT2D eigenvalue weighted by Crippen LogP contribution is -2.11. The summed E-state index contributed by atoms with van der Waals surface area (Å²) in [5.41, 5.74) is 1.14. The van der Waals surface area contributed by atoms with Crippen molar-refractivity contribution in [1.82, 2.24) is 10.2 Å². The maximum absolute atomic E-state index is 13.6. The predicted molar refractivity (Wildman–Crippen MR) is 91.9 cm³/mol. The quantitative estimate of drug-likeness (QED) is 0.653. The minimum absolute atomic E-state index is 0.0255. The average molecular weight is 354 g/mol. The van der Waals surface area contributed by atoms with E-state index in [2.05, 4.69) is 10.2 Å². The van der Waals surface area contributed by atoms with Crippen LogP contribution in [0.4, 0.5) is 4.39 Å². The predicted octanol–water partition coefficient (Wildman–Crippen LogP) is 3.52. The van der Waals surface area contributed by atoms with Gasteiger partial charge in [0.1, 0.15) is 5.82 Å². The number of halogens is 1. The van der Waals surface area contributed by atoms with Crippen LogP contribution in [0.2, 0.25) is 0 Å². The largest absolute Gasteiger partial charge is 0.493 e. The smallest absolute Gasteiger partial charge is 0.347 e. The average Bonchev–Trinajstić information content (AvgIpc) is 2.68. The van der Waals surface area contributed by atoms with E-state index in [-0.39, 0.29) is 11.4 Å². The normalized spacial score (nSPS) is 10.3. The number of nitrogens with zero attached hydrogens (tertiary/aromatic N) is 2. The van der Waals surface area contributed by atoms with E-state index in [9.17, 15) is 9.18 Å². The Morgan fingerprint density at radius 1 is 0.923 bits per heavy atom. The maximum Gasteiger partial charge on any atom is 0.347 e. The van der Waals surface area contributed by atoms with Crippen molar-refractivity contribution in [2.24, 2.45) is 0 Å². The molecule has 0 aliphatic heterocycles. The summed E-state index contributed by atoms with van der Waals surface area (Å²) in [7, 11) is 3.09. The van der Waals surface area contributed by atoms with E-state index >= 15 is 0 Å². The summed E-state index contributed by atoms with van der Waals surface area (Å²) in [6.07, 6.45) is 0. The maximum atomic E-state index is 13.6. The van der Waals surface area contributed by atoms with Gasteiger partial charge in [0.2, 0.25) is 5.88 Å². The van der Waals surface area contributed by atoms with Crippen LogP contribution in [0.5, 0.6) is 17.4 Å². The van der Waals surface area contributed by atoms with Crippen LogP contribution >= 0.6 is 0 Å². The third-order valence-corrected chi connectivity index (χ3v) is 3.61. The number of carbonyl (C=O) groups is 1. The number of hydrogen-bond acceptors (Lipinski definition) is 6. The third-order valence-electron chi connectivity index (χ3n) is 3.61. The first kappa shape index (κ1) is 17.3. The van der Waals surface area contributed by atoms with Gasteiger partial charge in [-0.15, -0.1) is 10.2 Å². The van der Waals surface area contributed by atoms with Crippen LogP contribution < -0.4 is 14.2 Å². The van der Waals surface area contributed by atoms with Crippen molar-refractivity contribution in [1.29, 1.82) is 0 Å². The monoisotopic (exact) mass is 354 g/mol. The number of carbonyl (C=O) groups excluding carboxylic acids is 1. The summed E-state index contributed by atoms with van der Waals surface area (Å²) in [6.45, 7) is 0. The fourth-order valence-electron chi connectivity index (χ4n) is 2.30. The lowest BCUT2D eigenvalue weighted by molar-refractivity contribution is 0.0721.